The zero-order valence-electron chi connectivity index (χ0n) is 10.6. The van der Waals surface area contributed by atoms with Gasteiger partial charge in [-0.05, 0) is 5.56 Å². The first-order valence-electron chi connectivity index (χ1n) is 6.28. The molecule has 5 heteroatoms. The lowest BCUT2D eigenvalue weighted by molar-refractivity contribution is -0.130. The van der Waals surface area contributed by atoms with Gasteiger partial charge in [-0.2, -0.15) is 5.26 Å². The molecule has 0 aromatic heterocycles. The van der Waals surface area contributed by atoms with Gasteiger partial charge in [0.05, 0.1) is 6.07 Å². The van der Waals surface area contributed by atoms with Crippen LogP contribution in [-0.2, 0) is 4.79 Å². The van der Waals surface area contributed by atoms with Crippen LogP contribution in [0.4, 0.5) is 0 Å². The third-order valence-electron chi connectivity index (χ3n) is 3.38. The number of benzene rings is 1. The van der Waals surface area contributed by atoms with Crippen LogP contribution in [0, 0.1) is 11.3 Å². The maximum atomic E-state index is 11.5. The standard InChI is InChI=1S/C14H16ClN3O/c15-10-14(19)18-8-6-17(7-9-18)13(11-16)12-4-2-1-3-5-12/h1-5,13H,6-10H2/t13-/m1/s1. The Hall–Kier alpha value is -1.57. The predicted octanol–water partition coefficient (Wildman–Crippen LogP) is 1.63. The van der Waals surface area contributed by atoms with Crippen LogP contribution in [0.2, 0.25) is 0 Å². The second-order valence-electron chi connectivity index (χ2n) is 4.49. The van der Waals surface area contributed by atoms with Gasteiger partial charge in [0.25, 0.3) is 0 Å². The molecule has 0 bridgehead atoms. The molecule has 1 atom stereocenters. The number of carbonyl (C=O) groups excluding carboxylic acids is 1. The first-order chi connectivity index (χ1) is 9.26. The molecule has 1 fully saturated rings. The predicted molar refractivity (Wildman–Crippen MR) is 73.7 cm³/mol. The Balaban J connectivity index is 2.00. The van der Waals surface area contributed by atoms with E-state index in [1.165, 1.54) is 0 Å². The van der Waals surface area contributed by atoms with E-state index in [2.05, 4.69) is 11.0 Å². The van der Waals surface area contributed by atoms with E-state index in [-0.39, 0.29) is 17.8 Å². The zero-order valence-corrected chi connectivity index (χ0v) is 11.4. The highest BCUT2D eigenvalue weighted by Crippen LogP contribution is 2.21. The number of amides is 1. The molecule has 100 valence electrons. The highest BCUT2D eigenvalue weighted by atomic mass is 35.5. The summed E-state index contributed by atoms with van der Waals surface area (Å²) in [5, 5.41) is 9.36. The molecule has 1 heterocycles. The molecule has 2 rings (SSSR count). The van der Waals surface area contributed by atoms with Crippen molar-refractivity contribution in [1.82, 2.24) is 9.80 Å². The molecule has 0 N–H and O–H groups in total. The third-order valence-corrected chi connectivity index (χ3v) is 3.61. The van der Waals surface area contributed by atoms with Crippen molar-refractivity contribution in [3.63, 3.8) is 0 Å². The largest absolute Gasteiger partial charge is 0.339 e. The van der Waals surface area contributed by atoms with E-state index >= 15 is 0 Å². The Morgan fingerprint density at radius 1 is 1.26 bits per heavy atom. The minimum absolute atomic E-state index is 0.0281. The maximum Gasteiger partial charge on any atom is 0.237 e. The Bertz CT molecular complexity index is 463. The van der Waals surface area contributed by atoms with Gasteiger partial charge in [0.2, 0.25) is 5.91 Å². The molecule has 0 saturated carbocycles. The van der Waals surface area contributed by atoms with Crippen LogP contribution < -0.4 is 0 Å². The van der Waals surface area contributed by atoms with Crippen LogP contribution in [0.5, 0.6) is 0 Å². The summed E-state index contributed by atoms with van der Waals surface area (Å²) in [7, 11) is 0. The van der Waals surface area contributed by atoms with E-state index < -0.39 is 0 Å². The average molecular weight is 278 g/mol. The highest BCUT2D eigenvalue weighted by molar-refractivity contribution is 6.27. The summed E-state index contributed by atoms with van der Waals surface area (Å²) < 4.78 is 0. The molecule has 1 amide bonds. The molecule has 1 aliphatic heterocycles. The minimum Gasteiger partial charge on any atom is -0.339 e. The van der Waals surface area contributed by atoms with Gasteiger partial charge in [0.1, 0.15) is 11.9 Å². The quantitative estimate of drug-likeness (QED) is 0.789. The highest BCUT2D eigenvalue weighted by Gasteiger charge is 2.26. The van der Waals surface area contributed by atoms with Crippen molar-refractivity contribution in [3.8, 4) is 6.07 Å². The molecule has 1 aromatic rings. The van der Waals surface area contributed by atoms with Gasteiger partial charge in [0, 0.05) is 26.2 Å². The Morgan fingerprint density at radius 3 is 2.42 bits per heavy atom. The normalized spacial score (nSPS) is 17.8. The first-order valence-corrected chi connectivity index (χ1v) is 6.82. The summed E-state index contributed by atoms with van der Waals surface area (Å²) in [6, 6.07) is 11.8. The number of hydrogen-bond donors (Lipinski definition) is 0. The lowest BCUT2D eigenvalue weighted by Crippen LogP contribution is -2.49. The molecule has 0 radical (unpaired) electrons. The topological polar surface area (TPSA) is 47.3 Å². The number of nitrogens with zero attached hydrogens (tertiary/aromatic N) is 3. The van der Waals surface area contributed by atoms with Crippen molar-refractivity contribution in [3.05, 3.63) is 35.9 Å². The summed E-state index contributed by atoms with van der Waals surface area (Å²) in [6.45, 7) is 2.68. The van der Waals surface area contributed by atoms with E-state index in [1.54, 1.807) is 4.90 Å². The molecule has 1 aliphatic rings. The van der Waals surface area contributed by atoms with Gasteiger partial charge in [-0.3, -0.25) is 9.69 Å². The Morgan fingerprint density at radius 2 is 1.89 bits per heavy atom. The number of carbonyl (C=O) groups is 1. The summed E-state index contributed by atoms with van der Waals surface area (Å²) in [6.07, 6.45) is 0. The van der Waals surface area contributed by atoms with Crippen LogP contribution in [0.3, 0.4) is 0 Å². The number of rotatable bonds is 3. The summed E-state index contributed by atoms with van der Waals surface area (Å²) in [4.78, 5) is 15.4. The van der Waals surface area contributed by atoms with Gasteiger partial charge in [-0.25, -0.2) is 0 Å². The van der Waals surface area contributed by atoms with E-state index in [0.717, 1.165) is 5.56 Å². The monoisotopic (exact) mass is 277 g/mol. The fourth-order valence-electron chi connectivity index (χ4n) is 2.32. The van der Waals surface area contributed by atoms with Crippen molar-refractivity contribution in [2.24, 2.45) is 0 Å². The van der Waals surface area contributed by atoms with Gasteiger partial charge >= 0.3 is 0 Å². The smallest absolute Gasteiger partial charge is 0.237 e. The molecule has 1 saturated heterocycles. The summed E-state index contributed by atoms with van der Waals surface area (Å²) >= 11 is 5.55. The molecule has 19 heavy (non-hydrogen) atoms. The van der Waals surface area contributed by atoms with E-state index in [4.69, 9.17) is 11.6 Å². The van der Waals surface area contributed by atoms with Crippen LogP contribution in [0.25, 0.3) is 0 Å². The lowest BCUT2D eigenvalue weighted by atomic mass is 10.1. The second-order valence-corrected chi connectivity index (χ2v) is 4.76. The van der Waals surface area contributed by atoms with Crippen molar-refractivity contribution < 1.29 is 4.79 Å². The number of halogens is 1. The second kappa shape index (κ2) is 6.55. The molecular weight excluding hydrogens is 262 g/mol. The van der Waals surface area contributed by atoms with Crippen LogP contribution >= 0.6 is 11.6 Å². The summed E-state index contributed by atoms with van der Waals surface area (Å²) in [5.74, 6) is -0.00470. The SMILES string of the molecule is N#C[C@H](c1ccccc1)N1CCN(C(=O)CCl)CC1. The van der Waals surface area contributed by atoms with Crippen molar-refractivity contribution in [1.29, 1.82) is 5.26 Å². The number of hydrogen-bond acceptors (Lipinski definition) is 3. The van der Waals surface area contributed by atoms with E-state index in [9.17, 15) is 10.1 Å². The zero-order chi connectivity index (χ0) is 13.7. The first kappa shape index (κ1) is 13.9. The fourth-order valence-corrected chi connectivity index (χ4v) is 2.49. The van der Waals surface area contributed by atoms with Gasteiger partial charge in [-0.1, -0.05) is 30.3 Å². The van der Waals surface area contributed by atoms with Crippen molar-refractivity contribution >= 4 is 17.5 Å². The molecule has 4 nitrogen and oxygen atoms in total. The molecule has 0 unspecified atom stereocenters. The third kappa shape index (κ3) is 3.25. The van der Waals surface area contributed by atoms with Gasteiger partial charge in [-0.15, -0.1) is 11.6 Å². The number of alkyl halides is 1. The van der Waals surface area contributed by atoms with E-state index in [1.807, 2.05) is 30.3 Å². The van der Waals surface area contributed by atoms with Gasteiger partial charge < -0.3 is 4.90 Å². The van der Waals surface area contributed by atoms with Crippen molar-refractivity contribution in [2.75, 3.05) is 32.1 Å². The Kier molecular flexibility index (Phi) is 4.78. The van der Waals surface area contributed by atoms with Crippen LogP contribution in [-0.4, -0.2) is 47.8 Å². The molecule has 0 spiro atoms. The number of nitriles is 1. The maximum absolute atomic E-state index is 11.5. The Labute approximate surface area is 118 Å². The van der Waals surface area contributed by atoms with Gasteiger partial charge in [0.15, 0.2) is 0 Å². The summed E-state index contributed by atoms with van der Waals surface area (Å²) in [5.41, 5.74) is 1.00. The fraction of sp³-hybridized carbons (Fsp3) is 0.429. The molecular formula is C14H16ClN3O. The minimum atomic E-state index is -0.241. The van der Waals surface area contributed by atoms with Crippen LogP contribution in [0.15, 0.2) is 30.3 Å². The molecule has 1 aromatic carbocycles. The van der Waals surface area contributed by atoms with E-state index in [0.29, 0.717) is 26.2 Å². The van der Waals surface area contributed by atoms with Crippen molar-refractivity contribution in [2.45, 2.75) is 6.04 Å². The lowest BCUT2D eigenvalue weighted by Gasteiger charge is -2.36. The molecule has 0 aliphatic carbocycles. The number of piperazine rings is 1. The average Bonchev–Trinajstić information content (AvgIpc) is 2.49. The van der Waals surface area contributed by atoms with Crippen LogP contribution in [0.1, 0.15) is 11.6 Å².